The number of aromatic hydroxyl groups is 2. The highest BCUT2D eigenvalue weighted by atomic mass is 16.5. The number of para-hydroxylation sites is 1. The van der Waals surface area contributed by atoms with Crippen LogP contribution < -0.4 is 5.32 Å². The summed E-state index contributed by atoms with van der Waals surface area (Å²) in [6.07, 6.45) is 0. The van der Waals surface area contributed by atoms with Gasteiger partial charge in [0.15, 0.2) is 17.3 Å². The molecule has 18 heavy (non-hydrogen) atoms. The van der Waals surface area contributed by atoms with E-state index in [2.05, 4.69) is 10.5 Å². The molecule has 0 aliphatic heterocycles. The number of nitrogens with one attached hydrogen (secondary N) is 1. The van der Waals surface area contributed by atoms with Gasteiger partial charge < -0.3 is 20.1 Å². The van der Waals surface area contributed by atoms with Crippen LogP contribution in [0.1, 0.15) is 21.8 Å². The van der Waals surface area contributed by atoms with Crippen molar-refractivity contribution in [3.63, 3.8) is 0 Å². The van der Waals surface area contributed by atoms with E-state index in [9.17, 15) is 15.0 Å². The van der Waals surface area contributed by atoms with Gasteiger partial charge in [0, 0.05) is 6.07 Å². The second kappa shape index (κ2) is 4.79. The fraction of sp³-hybridized carbons (Fsp3) is 0.167. The van der Waals surface area contributed by atoms with E-state index in [0.29, 0.717) is 5.76 Å². The normalized spacial score (nSPS) is 10.3. The zero-order valence-corrected chi connectivity index (χ0v) is 9.67. The van der Waals surface area contributed by atoms with E-state index in [-0.39, 0.29) is 17.9 Å². The number of hydrogen-bond donors (Lipinski definition) is 3. The van der Waals surface area contributed by atoms with Crippen molar-refractivity contribution in [2.24, 2.45) is 0 Å². The summed E-state index contributed by atoms with van der Waals surface area (Å²) in [7, 11) is 0. The van der Waals surface area contributed by atoms with Crippen molar-refractivity contribution in [2.75, 3.05) is 0 Å². The lowest BCUT2D eigenvalue weighted by molar-refractivity contribution is 0.0943. The summed E-state index contributed by atoms with van der Waals surface area (Å²) in [5.41, 5.74) is 0.727. The summed E-state index contributed by atoms with van der Waals surface area (Å²) in [6, 6.07) is 5.88. The third kappa shape index (κ3) is 2.42. The number of nitrogens with zero attached hydrogens (tertiary/aromatic N) is 1. The predicted octanol–water partition coefficient (Wildman–Crippen LogP) is 1.32. The Balaban J connectivity index is 2.06. The van der Waals surface area contributed by atoms with Crippen molar-refractivity contribution in [3.05, 3.63) is 41.3 Å². The SMILES string of the molecule is Cc1cc(CNC(=O)c2cccc(O)c2O)on1. The second-order valence-electron chi connectivity index (χ2n) is 3.79. The number of amides is 1. The molecule has 0 atom stereocenters. The fourth-order valence-corrected chi connectivity index (χ4v) is 1.48. The maximum absolute atomic E-state index is 11.8. The van der Waals surface area contributed by atoms with Gasteiger partial charge in [-0.1, -0.05) is 11.2 Å². The molecule has 1 amide bonds. The quantitative estimate of drug-likeness (QED) is 0.712. The lowest BCUT2D eigenvalue weighted by atomic mass is 10.1. The minimum Gasteiger partial charge on any atom is -0.504 e. The van der Waals surface area contributed by atoms with Crippen LogP contribution >= 0.6 is 0 Å². The van der Waals surface area contributed by atoms with Gasteiger partial charge in [0.25, 0.3) is 5.91 Å². The molecule has 1 heterocycles. The number of aryl methyl sites for hydroxylation is 1. The van der Waals surface area contributed by atoms with E-state index in [0.717, 1.165) is 5.69 Å². The van der Waals surface area contributed by atoms with E-state index in [1.54, 1.807) is 13.0 Å². The standard InChI is InChI=1S/C12H12N2O4/c1-7-5-8(18-14-7)6-13-12(17)9-3-2-4-10(15)11(9)16/h2-5,15-16H,6H2,1H3,(H,13,17). The highest BCUT2D eigenvalue weighted by Crippen LogP contribution is 2.27. The lowest BCUT2D eigenvalue weighted by Crippen LogP contribution is -2.22. The number of carbonyl (C=O) groups excluding carboxylic acids is 1. The third-order valence-corrected chi connectivity index (χ3v) is 2.36. The van der Waals surface area contributed by atoms with Crippen LogP contribution in [0.2, 0.25) is 0 Å². The molecule has 0 unspecified atom stereocenters. The summed E-state index contributed by atoms with van der Waals surface area (Å²) >= 11 is 0. The number of benzene rings is 1. The third-order valence-electron chi connectivity index (χ3n) is 2.36. The molecule has 1 aromatic carbocycles. The van der Waals surface area contributed by atoms with Gasteiger partial charge in [0.05, 0.1) is 17.8 Å². The first-order valence-electron chi connectivity index (χ1n) is 5.29. The van der Waals surface area contributed by atoms with Gasteiger partial charge in [-0.3, -0.25) is 4.79 Å². The summed E-state index contributed by atoms with van der Waals surface area (Å²) in [6.45, 7) is 1.94. The lowest BCUT2D eigenvalue weighted by Gasteiger charge is -2.06. The van der Waals surface area contributed by atoms with Crippen LogP contribution in [0.5, 0.6) is 11.5 Å². The Kier molecular flexibility index (Phi) is 3.18. The molecule has 0 aliphatic rings. The Labute approximate surface area is 103 Å². The average Bonchev–Trinajstić information content (AvgIpc) is 2.76. The topological polar surface area (TPSA) is 95.6 Å². The zero-order valence-electron chi connectivity index (χ0n) is 9.67. The molecule has 0 saturated heterocycles. The molecule has 0 radical (unpaired) electrons. The van der Waals surface area contributed by atoms with Crippen molar-refractivity contribution in [1.82, 2.24) is 10.5 Å². The van der Waals surface area contributed by atoms with Gasteiger partial charge in [-0.25, -0.2) is 0 Å². The number of carbonyl (C=O) groups is 1. The van der Waals surface area contributed by atoms with Crippen LogP contribution in [0.3, 0.4) is 0 Å². The fourth-order valence-electron chi connectivity index (χ4n) is 1.48. The molecule has 0 spiro atoms. The van der Waals surface area contributed by atoms with Crippen LogP contribution in [-0.4, -0.2) is 21.3 Å². The number of aromatic nitrogens is 1. The average molecular weight is 248 g/mol. The zero-order chi connectivity index (χ0) is 13.1. The van der Waals surface area contributed by atoms with E-state index in [1.807, 2.05) is 0 Å². The summed E-state index contributed by atoms with van der Waals surface area (Å²) < 4.78 is 4.93. The molecule has 2 aromatic rings. The van der Waals surface area contributed by atoms with E-state index >= 15 is 0 Å². The first kappa shape index (κ1) is 12.0. The Bertz CT molecular complexity index is 577. The van der Waals surface area contributed by atoms with Crippen molar-refractivity contribution in [3.8, 4) is 11.5 Å². The molecule has 94 valence electrons. The number of rotatable bonds is 3. The smallest absolute Gasteiger partial charge is 0.255 e. The summed E-state index contributed by atoms with van der Waals surface area (Å²) in [5, 5.41) is 25.0. The molecule has 0 fully saturated rings. The minimum absolute atomic E-state index is 0.00578. The Hall–Kier alpha value is -2.50. The van der Waals surface area contributed by atoms with Gasteiger partial charge in [0.1, 0.15) is 0 Å². The van der Waals surface area contributed by atoms with Crippen LogP contribution in [0.25, 0.3) is 0 Å². The second-order valence-corrected chi connectivity index (χ2v) is 3.79. The molecule has 2 rings (SSSR count). The highest BCUT2D eigenvalue weighted by molar-refractivity contribution is 5.97. The van der Waals surface area contributed by atoms with Gasteiger partial charge in [0.2, 0.25) is 0 Å². The van der Waals surface area contributed by atoms with Gasteiger partial charge in [-0.2, -0.15) is 0 Å². The molecular formula is C12H12N2O4. The highest BCUT2D eigenvalue weighted by Gasteiger charge is 2.14. The molecule has 0 saturated carbocycles. The van der Waals surface area contributed by atoms with Crippen molar-refractivity contribution < 1.29 is 19.5 Å². The molecule has 0 aliphatic carbocycles. The minimum atomic E-state index is -0.502. The van der Waals surface area contributed by atoms with Crippen LogP contribution in [0, 0.1) is 6.92 Å². The first-order chi connectivity index (χ1) is 8.58. The molecule has 6 nitrogen and oxygen atoms in total. The van der Waals surface area contributed by atoms with E-state index < -0.39 is 11.7 Å². The molecular weight excluding hydrogens is 236 g/mol. The van der Waals surface area contributed by atoms with E-state index in [4.69, 9.17) is 4.52 Å². The Morgan fingerprint density at radius 1 is 1.44 bits per heavy atom. The summed E-state index contributed by atoms with van der Waals surface area (Å²) in [5.74, 6) is -0.764. The van der Waals surface area contributed by atoms with Gasteiger partial charge in [-0.05, 0) is 19.1 Å². The van der Waals surface area contributed by atoms with Crippen molar-refractivity contribution in [1.29, 1.82) is 0 Å². The predicted molar refractivity (Wildman–Crippen MR) is 62.2 cm³/mol. The number of hydrogen-bond acceptors (Lipinski definition) is 5. The van der Waals surface area contributed by atoms with Crippen molar-refractivity contribution in [2.45, 2.75) is 13.5 Å². The molecule has 1 aromatic heterocycles. The van der Waals surface area contributed by atoms with Crippen LogP contribution in [0.4, 0.5) is 0 Å². The Morgan fingerprint density at radius 2 is 2.22 bits per heavy atom. The first-order valence-corrected chi connectivity index (χ1v) is 5.29. The molecule has 3 N–H and O–H groups in total. The Morgan fingerprint density at radius 3 is 2.89 bits per heavy atom. The molecule has 6 heteroatoms. The van der Waals surface area contributed by atoms with Gasteiger partial charge >= 0.3 is 0 Å². The number of phenols is 2. The number of phenolic OH excluding ortho intramolecular Hbond substituents is 2. The van der Waals surface area contributed by atoms with Crippen LogP contribution in [0.15, 0.2) is 28.8 Å². The van der Waals surface area contributed by atoms with Gasteiger partial charge in [-0.15, -0.1) is 0 Å². The van der Waals surface area contributed by atoms with Crippen molar-refractivity contribution >= 4 is 5.91 Å². The largest absolute Gasteiger partial charge is 0.504 e. The maximum Gasteiger partial charge on any atom is 0.255 e. The molecule has 0 bridgehead atoms. The maximum atomic E-state index is 11.8. The monoisotopic (exact) mass is 248 g/mol. The van der Waals surface area contributed by atoms with E-state index in [1.165, 1.54) is 18.2 Å². The summed E-state index contributed by atoms with van der Waals surface area (Å²) in [4.78, 5) is 11.8. The van der Waals surface area contributed by atoms with Crippen LogP contribution in [-0.2, 0) is 6.54 Å².